The van der Waals surface area contributed by atoms with Crippen LogP contribution < -0.4 is 0 Å². The molecule has 1 N–H and O–H groups in total. The third kappa shape index (κ3) is 3.18. The molecule has 1 heterocycles. The van der Waals surface area contributed by atoms with Crippen molar-refractivity contribution in [1.29, 1.82) is 0 Å². The minimum absolute atomic E-state index is 0.0583. The number of carbonyl (C=O) groups is 2. The van der Waals surface area contributed by atoms with Crippen molar-refractivity contribution >= 4 is 17.6 Å². The predicted octanol–water partition coefficient (Wildman–Crippen LogP) is 1.63. The third-order valence-corrected chi connectivity index (χ3v) is 3.80. The van der Waals surface area contributed by atoms with E-state index < -0.39 is 22.7 Å². The van der Waals surface area contributed by atoms with E-state index in [4.69, 9.17) is 5.11 Å². The number of carboxylic acid groups (broad SMARTS) is 1. The van der Waals surface area contributed by atoms with Crippen molar-refractivity contribution < 1.29 is 19.6 Å². The summed E-state index contributed by atoms with van der Waals surface area (Å²) in [6.07, 6.45) is 0.447. The van der Waals surface area contributed by atoms with Crippen LogP contribution >= 0.6 is 0 Å². The Morgan fingerprint density at radius 1 is 1.48 bits per heavy atom. The van der Waals surface area contributed by atoms with Gasteiger partial charge in [0.1, 0.15) is 0 Å². The summed E-state index contributed by atoms with van der Waals surface area (Å²) in [5.74, 6) is -2.14. The molecule has 0 aromatic heterocycles. The molecule has 0 aliphatic carbocycles. The smallest absolute Gasteiger partial charge is 0.308 e. The second-order valence-electron chi connectivity index (χ2n) is 5.18. The molecule has 7 nitrogen and oxygen atoms in total. The highest BCUT2D eigenvalue weighted by Gasteiger charge is 2.33. The van der Waals surface area contributed by atoms with E-state index in [0.717, 1.165) is 0 Å². The van der Waals surface area contributed by atoms with Crippen LogP contribution in [0.4, 0.5) is 5.69 Å². The summed E-state index contributed by atoms with van der Waals surface area (Å²) in [4.78, 5) is 35.1. The number of amides is 1. The number of nitro groups is 1. The molecule has 0 spiro atoms. The Balaban J connectivity index is 2.11. The number of carboxylic acids is 1. The largest absolute Gasteiger partial charge is 0.481 e. The van der Waals surface area contributed by atoms with Gasteiger partial charge in [0.25, 0.3) is 5.69 Å². The molecule has 2 rings (SSSR count). The van der Waals surface area contributed by atoms with Gasteiger partial charge in [0.2, 0.25) is 5.91 Å². The Hall–Kier alpha value is -2.44. The number of benzene rings is 1. The lowest BCUT2D eigenvalue weighted by Gasteiger charge is -2.20. The second-order valence-corrected chi connectivity index (χ2v) is 5.18. The molecule has 1 saturated heterocycles. The molecule has 1 aliphatic heterocycles. The van der Waals surface area contributed by atoms with Crippen LogP contribution in [0.25, 0.3) is 0 Å². The molecule has 2 unspecified atom stereocenters. The summed E-state index contributed by atoms with van der Waals surface area (Å²) in [5, 5.41) is 19.7. The van der Waals surface area contributed by atoms with Gasteiger partial charge in [0.15, 0.2) is 0 Å². The fraction of sp³-hybridized carbons (Fsp3) is 0.429. The highest BCUT2D eigenvalue weighted by molar-refractivity contribution is 5.84. The SMILES string of the molecule is CC(C(=O)N1CCC(C(=O)O)C1)c1cccc([N+](=O)[O-])c1. The van der Waals surface area contributed by atoms with E-state index in [9.17, 15) is 19.7 Å². The number of carbonyl (C=O) groups excluding carboxylic acids is 1. The van der Waals surface area contributed by atoms with Gasteiger partial charge in [-0.15, -0.1) is 0 Å². The molecule has 1 fully saturated rings. The summed E-state index contributed by atoms with van der Waals surface area (Å²) in [5.41, 5.74) is 0.505. The minimum Gasteiger partial charge on any atom is -0.481 e. The monoisotopic (exact) mass is 292 g/mol. The average Bonchev–Trinajstić information content (AvgIpc) is 2.95. The Labute approximate surface area is 121 Å². The maximum Gasteiger partial charge on any atom is 0.308 e. The van der Waals surface area contributed by atoms with Crippen LogP contribution in [-0.2, 0) is 9.59 Å². The number of hydrogen-bond donors (Lipinski definition) is 1. The molecule has 112 valence electrons. The van der Waals surface area contributed by atoms with Crippen molar-refractivity contribution in [3.63, 3.8) is 0 Å². The molecule has 0 bridgehead atoms. The highest BCUT2D eigenvalue weighted by atomic mass is 16.6. The van der Waals surface area contributed by atoms with Gasteiger partial charge >= 0.3 is 5.97 Å². The van der Waals surface area contributed by atoms with Crippen molar-refractivity contribution in [3.05, 3.63) is 39.9 Å². The Bertz CT molecular complexity index is 586. The van der Waals surface area contributed by atoms with Crippen LogP contribution in [0.5, 0.6) is 0 Å². The minimum atomic E-state index is -0.895. The number of nitro benzene ring substituents is 1. The molecule has 1 aromatic carbocycles. The van der Waals surface area contributed by atoms with Gasteiger partial charge < -0.3 is 10.0 Å². The van der Waals surface area contributed by atoms with Gasteiger partial charge in [-0.3, -0.25) is 19.7 Å². The summed E-state index contributed by atoms with van der Waals surface area (Å²) in [6, 6.07) is 5.96. The average molecular weight is 292 g/mol. The van der Waals surface area contributed by atoms with Crippen molar-refractivity contribution in [3.8, 4) is 0 Å². The van der Waals surface area contributed by atoms with Crippen molar-refractivity contribution in [1.82, 2.24) is 4.90 Å². The number of likely N-dealkylation sites (tertiary alicyclic amines) is 1. The Morgan fingerprint density at radius 2 is 2.19 bits per heavy atom. The number of hydrogen-bond acceptors (Lipinski definition) is 4. The standard InChI is InChI=1S/C14H16N2O5/c1-9(10-3-2-4-12(7-10)16(20)21)13(17)15-6-5-11(8-15)14(18)19/h2-4,7,9,11H,5-6,8H2,1H3,(H,18,19). The lowest BCUT2D eigenvalue weighted by Crippen LogP contribution is -2.33. The molecule has 7 heteroatoms. The van der Waals surface area contributed by atoms with E-state index in [0.29, 0.717) is 18.5 Å². The van der Waals surface area contributed by atoms with E-state index in [1.54, 1.807) is 19.1 Å². The van der Waals surface area contributed by atoms with Crippen LogP contribution in [0.2, 0.25) is 0 Å². The number of rotatable bonds is 4. The lowest BCUT2D eigenvalue weighted by atomic mass is 9.99. The van der Waals surface area contributed by atoms with Gasteiger partial charge in [-0.2, -0.15) is 0 Å². The first-order chi connectivity index (χ1) is 9.90. The molecule has 0 saturated carbocycles. The van der Waals surface area contributed by atoms with Gasteiger partial charge in [0.05, 0.1) is 16.8 Å². The summed E-state index contributed by atoms with van der Waals surface area (Å²) in [7, 11) is 0. The molecule has 1 amide bonds. The number of nitrogens with zero attached hydrogens (tertiary/aromatic N) is 2. The molecular weight excluding hydrogens is 276 g/mol. The number of aliphatic carboxylic acids is 1. The van der Waals surface area contributed by atoms with Gasteiger partial charge in [0, 0.05) is 25.2 Å². The van der Waals surface area contributed by atoms with Crippen molar-refractivity contribution in [2.75, 3.05) is 13.1 Å². The van der Waals surface area contributed by atoms with E-state index in [2.05, 4.69) is 0 Å². The van der Waals surface area contributed by atoms with Crippen LogP contribution in [-0.4, -0.2) is 39.9 Å². The zero-order chi connectivity index (χ0) is 15.6. The fourth-order valence-corrected chi connectivity index (χ4v) is 2.49. The van der Waals surface area contributed by atoms with Crippen LogP contribution in [0, 0.1) is 16.0 Å². The van der Waals surface area contributed by atoms with Crippen LogP contribution in [0.15, 0.2) is 24.3 Å². The van der Waals surface area contributed by atoms with E-state index in [1.807, 2.05) is 0 Å². The summed E-state index contributed by atoms with van der Waals surface area (Å²) >= 11 is 0. The highest BCUT2D eigenvalue weighted by Crippen LogP contribution is 2.25. The molecule has 1 aliphatic rings. The van der Waals surface area contributed by atoms with E-state index in [1.165, 1.54) is 17.0 Å². The third-order valence-electron chi connectivity index (χ3n) is 3.80. The molecule has 2 atom stereocenters. The maximum absolute atomic E-state index is 12.4. The van der Waals surface area contributed by atoms with E-state index >= 15 is 0 Å². The molecular formula is C14H16N2O5. The molecule has 1 aromatic rings. The first kappa shape index (κ1) is 15.0. The lowest BCUT2D eigenvalue weighted by molar-refractivity contribution is -0.384. The Morgan fingerprint density at radius 3 is 2.76 bits per heavy atom. The van der Waals surface area contributed by atoms with E-state index in [-0.39, 0.29) is 18.1 Å². The summed E-state index contributed by atoms with van der Waals surface area (Å²) < 4.78 is 0. The maximum atomic E-state index is 12.4. The summed E-state index contributed by atoms with van der Waals surface area (Å²) in [6.45, 7) is 2.29. The first-order valence-corrected chi connectivity index (χ1v) is 6.66. The van der Waals surface area contributed by atoms with Crippen LogP contribution in [0.1, 0.15) is 24.8 Å². The van der Waals surface area contributed by atoms with Crippen molar-refractivity contribution in [2.24, 2.45) is 5.92 Å². The quantitative estimate of drug-likeness (QED) is 0.671. The molecule has 0 radical (unpaired) electrons. The van der Waals surface area contributed by atoms with Crippen molar-refractivity contribution in [2.45, 2.75) is 19.3 Å². The predicted molar refractivity (Wildman–Crippen MR) is 73.8 cm³/mol. The fourth-order valence-electron chi connectivity index (χ4n) is 2.49. The zero-order valence-electron chi connectivity index (χ0n) is 11.6. The van der Waals surface area contributed by atoms with Gasteiger partial charge in [-0.25, -0.2) is 0 Å². The van der Waals surface area contributed by atoms with Gasteiger partial charge in [-0.05, 0) is 18.9 Å². The second kappa shape index (κ2) is 5.90. The first-order valence-electron chi connectivity index (χ1n) is 6.66. The molecule has 21 heavy (non-hydrogen) atoms. The van der Waals surface area contributed by atoms with Gasteiger partial charge in [-0.1, -0.05) is 12.1 Å². The normalized spacial score (nSPS) is 19.3. The van der Waals surface area contributed by atoms with Crippen LogP contribution in [0.3, 0.4) is 0 Å². The Kier molecular flexibility index (Phi) is 4.21. The number of non-ortho nitro benzene ring substituents is 1. The zero-order valence-corrected chi connectivity index (χ0v) is 11.6. The topological polar surface area (TPSA) is 101 Å².